The summed E-state index contributed by atoms with van der Waals surface area (Å²) in [5, 5.41) is 29.1. The van der Waals surface area contributed by atoms with E-state index in [1.807, 2.05) is 20.8 Å². The molecule has 2 aromatic rings. The number of carboxylic acids is 1. The molecule has 3 rings (SSSR count). The number of aromatic nitrogens is 1. The average molecular weight is 608 g/mol. The highest BCUT2D eigenvalue weighted by molar-refractivity contribution is 6.05. The van der Waals surface area contributed by atoms with Gasteiger partial charge in [0.15, 0.2) is 28.7 Å². The number of carboxylic acid groups (broad SMARTS) is 1. The molecule has 1 amide bonds. The highest BCUT2D eigenvalue weighted by atomic mass is 16.5. The molecule has 3 N–H and O–H groups in total. The number of hydrogen-bond acceptors (Lipinski definition) is 9. The van der Waals surface area contributed by atoms with Gasteiger partial charge in [0, 0.05) is 43.1 Å². The van der Waals surface area contributed by atoms with Crippen molar-refractivity contribution in [1.82, 2.24) is 15.2 Å². The van der Waals surface area contributed by atoms with Crippen molar-refractivity contribution < 1.29 is 33.7 Å². The minimum Gasteiger partial charge on any atom is -0.491 e. The number of ketones is 1. The van der Waals surface area contributed by atoms with Gasteiger partial charge in [-0.1, -0.05) is 20.8 Å². The van der Waals surface area contributed by atoms with Crippen molar-refractivity contribution in [3.8, 4) is 23.3 Å². The molecule has 0 saturated heterocycles. The number of carbonyl (C=O) groups excluding carboxylic acids is 2. The number of amidine groups is 1. The highest BCUT2D eigenvalue weighted by Crippen LogP contribution is 2.40. The molecule has 12 nitrogen and oxygen atoms in total. The Balaban J connectivity index is 1.91. The Labute approximate surface area is 257 Å². The van der Waals surface area contributed by atoms with Gasteiger partial charge in [0.2, 0.25) is 0 Å². The average Bonchev–Trinajstić information content (AvgIpc) is 3.27. The van der Waals surface area contributed by atoms with Gasteiger partial charge >= 0.3 is 5.97 Å². The van der Waals surface area contributed by atoms with Crippen molar-refractivity contribution >= 4 is 23.5 Å². The van der Waals surface area contributed by atoms with Crippen molar-refractivity contribution in [3.05, 3.63) is 46.3 Å². The number of nitriles is 1. The summed E-state index contributed by atoms with van der Waals surface area (Å²) < 4.78 is 17.8. The molecule has 0 fully saturated rings. The van der Waals surface area contributed by atoms with Gasteiger partial charge in [-0.3, -0.25) is 19.8 Å². The van der Waals surface area contributed by atoms with E-state index in [2.05, 4.69) is 16.4 Å². The van der Waals surface area contributed by atoms with Gasteiger partial charge in [-0.05, 0) is 49.8 Å². The van der Waals surface area contributed by atoms with E-state index in [9.17, 15) is 14.4 Å². The maximum absolute atomic E-state index is 13.7. The number of ether oxygens (including phenoxy) is 3. The topological polar surface area (TPSA) is 175 Å². The Morgan fingerprint density at radius 2 is 1.82 bits per heavy atom. The predicted molar refractivity (Wildman–Crippen MR) is 163 cm³/mol. The van der Waals surface area contributed by atoms with E-state index in [0.717, 1.165) is 5.56 Å². The molecule has 0 bridgehead atoms. The highest BCUT2D eigenvalue weighted by Gasteiger charge is 2.32. The minimum atomic E-state index is -0.877. The number of nitrogens with zero attached hydrogens (tertiary/aromatic N) is 3. The van der Waals surface area contributed by atoms with Gasteiger partial charge in [-0.2, -0.15) is 5.26 Å². The van der Waals surface area contributed by atoms with Crippen LogP contribution in [-0.4, -0.2) is 71.9 Å². The van der Waals surface area contributed by atoms with Crippen LogP contribution in [-0.2, 0) is 16.8 Å². The monoisotopic (exact) mass is 607 g/mol. The number of carbonyl (C=O) groups is 3. The molecule has 12 heteroatoms. The van der Waals surface area contributed by atoms with Gasteiger partial charge in [-0.15, -0.1) is 0 Å². The summed E-state index contributed by atoms with van der Waals surface area (Å²) >= 11 is 0. The normalized spacial score (nSPS) is 12.4. The molecule has 2 heterocycles. The van der Waals surface area contributed by atoms with Crippen LogP contribution < -0.4 is 19.5 Å². The van der Waals surface area contributed by atoms with Crippen LogP contribution in [0.3, 0.4) is 0 Å². The van der Waals surface area contributed by atoms with Gasteiger partial charge in [0.05, 0.1) is 32.4 Å². The first kappa shape index (κ1) is 33.8. The Hall–Kier alpha value is -4.66. The van der Waals surface area contributed by atoms with Crippen LogP contribution in [0.2, 0.25) is 0 Å². The zero-order valence-corrected chi connectivity index (χ0v) is 26.0. The molecule has 236 valence electrons. The summed E-state index contributed by atoms with van der Waals surface area (Å²) in [4.78, 5) is 43.1. The number of fused-ring (bicyclic) bond motifs is 1. The van der Waals surface area contributed by atoms with Crippen molar-refractivity contribution in [2.75, 3.05) is 33.4 Å². The zero-order valence-electron chi connectivity index (χ0n) is 26.0. The Morgan fingerprint density at radius 3 is 2.45 bits per heavy atom. The molecule has 0 spiro atoms. The van der Waals surface area contributed by atoms with Gasteiger partial charge in [0.25, 0.3) is 5.91 Å². The number of aliphatic carboxylic acids is 1. The quantitative estimate of drug-likeness (QED) is 0.182. The summed E-state index contributed by atoms with van der Waals surface area (Å²) in [6, 6.07) is 7.20. The third kappa shape index (κ3) is 8.46. The molecular formula is C32H41N5O7. The summed E-state index contributed by atoms with van der Waals surface area (Å²) in [7, 11) is 1.49. The molecule has 1 aliphatic heterocycles. The third-order valence-corrected chi connectivity index (χ3v) is 6.95. The lowest BCUT2D eigenvalue weighted by atomic mass is 9.84. The molecule has 1 aliphatic rings. The largest absolute Gasteiger partial charge is 0.491 e. The number of unbranched alkanes of at least 4 members (excludes halogenated alkanes) is 2. The van der Waals surface area contributed by atoms with Gasteiger partial charge in [0.1, 0.15) is 11.5 Å². The molecule has 0 aliphatic carbocycles. The number of hydrogen-bond donors (Lipinski definition) is 3. The smallest absolute Gasteiger partial charge is 0.303 e. The number of pyridine rings is 1. The number of rotatable bonds is 16. The first-order valence-electron chi connectivity index (χ1n) is 14.7. The summed E-state index contributed by atoms with van der Waals surface area (Å²) in [6.45, 7) is 8.78. The molecule has 0 saturated carbocycles. The lowest BCUT2D eigenvalue weighted by Gasteiger charge is -2.26. The van der Waals surface area contributed by atoms with Crippen LogP contribution in [0, 0.1) is 16.7 Å². The van der Waals surface area contributed by atoms with Crippen LogP contribution in [0.25, 0.3) is 0 Å². The zero-order chi connectivity index (χ0) is 32.4. The van der Waals surface area contributed by atoms with Crippen molar-refractivity contribution in [2.45, 2.75) is 71.8 Å². The standard InChI is InChI=1S/C32H41N5O7/c1-6-42-24-17-21-18-37(30(34)27(21)36-28(24)31(41)35-5)19-23(38)20-15-22(32(2,3)4)29(44-14-10-8-12-33)25(16-20)43-13-9-7-11-26(39)40/h15-17,34H,6-11,13-14,18-19H2,1-5H3,(H,35,41)(H,39,40). The van der Waals surface area contributed by atoms with Crippen LogP contribution in [0.5, 0.6) is 17.2 Å². The second kappa shape index (κ2) is 15.2. The fraction of sp³-hybridized carbons (Fsp3) is 0.500. The van der Waals surface area contributed by atoms with Crippen LogP contribution >= 0.6 is 0 Å². The van der Waals surface area contributed by atoms with Crippen LogP contribution in [0.4, 0.5) is 0 Å². The van der Waals surface area contributed by atoms with E-state index < -0.39 is 17.3 Å². The Kier molecular flexibility index (Phi) is 11.7. The second-order valence-electron chi connectivity index (χ2n) is 11.4. The summed E-state index contributed by atoms with van der Waals surface area (Å²) in [5.41, 5.74) is 1.77. The molecule has 44 heavy (non-hydrogen) atoms. The molecule has 0 atom stereocenters. The van der Waals surface area contributed by atoms with E-state index in [4.69, 9.17) is 30.0 Å². The Bertz CT molecular complexity index is 1440. The van der Waals surface area contributed by atoms with Gasteiger partial charge in [-0.25, -0.2) is 4.98 Å². The summed E-state index contributed by atoms with van der Waals surface area (Å²) in [6.07, 6.45) is 1.83. The van der Waals surface area contributed by atoms with Crippen LogP contribution in [0.1, 0.15) is 97.5 Å². The lowest BCUT2D eigenvalue weighted by Crippen LogP contribution is -2.31. The number of nitrogens with one attached hydrogen (secondary N) is 2. The fourth-order valence-corrected chi connectivity index (χ4v) is 4.70. The first-order chi connectivity index (χ1) is 20.9. The molecule has 0 radical (unpaired) electrons. The van der Waals surface area contributed by atoms with Crippen molar-refractivity contribution in [2.24, 2.45) is 0 Å². The van der Waals surface area contributed by atoms with E-state index in [1.165, 1.54) is 7.05 Å². The lowest BCUT2D eigenvalue weighted by molar-refractivity contribution is -0.137. The maximum Gasteiger partial charge on any atom is 0.303 e. The van der Waals surface area contributed by atoms with E-state index >= 15 is 0 Å². The van der Waals surface area contributed by atoms with E-state index in [0.29, 0.717) is 66.4 Å². The first-order valence-corrected chi connectivity index (χ1v) is 14.7. The van der Waals surface area contributed by atoms with Crippen molar-refractivity contribution in [3.63, 3.8) is 0 Å². The molecule has 0 unspecified atom stereocenters. The van der Waals surface area contributed by atoms with Crippen LogP contribution in [0.15, 0.2) is 18.2 Å². The van der Waals surface area contributed by atoms with E-state index in [1.54, 1.807) is 30.0 Å². The molecular weight excluding hydrogens is 566 g/mol. The molecule has 1 aromatic carbocycles. The minimum absolute atomic E-state index is 0.0301. The van der Waals surface area contributed by atoms with E-state index in [-0.39, 0.29) is 50.0 Å². The van der Waals surface area contributed by atoms with Crippen molar-refractivity contribution in [1.29, 1.82) is 10.7 Å². The molecule has 1 aromatic heterocycles. The number of Topliss-reactive ketones (excluding diaryl/α,β-unsaturated/α-hetero) is 1. The Morgan fingerprint density at radius 1 is 1.09 bits per heavy atom. The SMILES string of the molecule is CCOc1cc2c(nc1C(=O)NC)C(=N)N(CC(=O)c1cc(OCCCCC(=O)O)c(OCCCC#N)c(C(C)(C)C)c1)C2. The second-order valence-corrected chi connectivity index (χ2v) is 11.4. The summed E-state index contributed by atoms with van der Waals surface area (Å²) in [5.74, 6) is -0.359. The predicted octanol–water partition coefficient (Wildman–Crippen LogP) is 4.48. The van der Waals surface area contributed by atoms with Gasteiger partial charge < -0.3 is 29.5 Å². The fourth-order valence-electron chi connectivity index (χ4n) is 4.70. The maximum atomic E-state index is 13.7. The third-order valence-electron chi connectivity index (χ3n) is 6.95. The number of benzene rings is 1. The number of amides is 1.